The Hall–Kier alpha value is -3.06. The molecule has 0 saturated heterocycles. The van der Waals surface area contributed by atoms with Crippen LogP contribution >= 0.6 is 11.3 Å². The molecule has 0 aliphatic carbocycles. The second kappa shape index (κ2) is 7.23. The van der Waals surface area contributed by atoms with Gasteiger partial charge in [-0.25, -0.2) is 0 Å². The van der Waals surface area contributed by atoms with E-state index in [-0.39, 0.29) is 11.5 Å². The van der Waals surface area contributed by atoms with Crippen molar-refractivity contribution in [3.05, 3.63) is 75.4 Å². The van der Waals surface area contributed by atoms with Gasteiger partial charge in [-0.3, -0.25) is 19.9 Å². The van der Waals surface area contributed by atoms with E-state index in [1.165, 1.54) is 13.0 Å². The predicted octanol–water partition coefficient (Wildman–Crippen LogP) is 4.53. The Bertz CT molecular complexity index is 905. The molecule has 0 bridgehead atoms. The largest absolute Gasteiger partial charge is 0.367 e. The Morgan fingerprint density at radius 3 is 2.40 bits per heavy atom. The van der Waals surface area contributed by atoms with Gasteiger partial charge in [-0.15, -0.1) is 11.3 Å². The van der Waals surface area contributed by atoms with Crippen LogP contribution in [0.5, 0.6) is 0 Å². The van der Waals surface area contributed by atoms with Crippen molar-refractivity contribution in [3.63, 3.8) is 0 Å². The molecular weight excluding hydrogens is 338 g/mol. The highest BCUT2D eigenvalue weighted by atomic mass is 32.1. The zero-order valence-corrected chi connectivity index (χ0v) is 14.2. The minimum Gasteiger partial charge on any atom is -0.367 e. The van der Waals surface area contributed by atoms with Gasteiger partial charge in [0.1, 0.15) is 0 Å². The molecular formula is C18H15N3O3S. The molecule has 2 heterocycles. The number of carbonyl (C=O) groups excluding carboxylic acids is 1. The molecule has 0 saturated carbocycles. The van der Waals surface area contributed by atoms with Crippen LogP contribution in [0.3, 0.4) is 0 Å². The molecule has 126 valence electrons. The summed E-state index contributed by atoms with van der Waals surface area (Å²) in [5.41, 5.74) is 3.08. The summed E-state index contributed by atoms with van der Waals surface area (Å²) in [6.45, 7) is 1.84. The molecule has 6 nitrogen and oxygen atoms in total. The Labute approximate surface area is 148 Å². The van der Waals surface area contributed by atoms with Gasteiger partial charge in [-0.05, 0) is 35.7 Å². The molecule has 3 aromatic rings. The van der Waals surface area contributed by atoms with E-state index in [0.29, 0.717) is 16.4 Å². The van der Waals surface area contributed by atoms with E-state index in [1.54, 1.807) is 12.4 Å². The lowest BCUT2D eigenvalue weighted by atomic mass is 10.1. The van der Waals surface area contributed by atoms with Crippen molar-refractivity contribution < 1.29 is 9.72 Å². The second-order valence-corrected chi connectivity index (χ2v) is 6.48. The van der Waals surface area contributed by atoms with Gasteiger partial charge in [0.15, 0.2) is 10.8 Å². The molecule has 0 unspecified atom stereocenters. The zero-order chi connectivity index (χ0) is 17.8. The van der Waals surface area contributed by atoms with Crippen LogP contribution in [-0.2, 0) is 6.54 Å². The Morgan fingerprint density at radius 2 is 1.80 bits per heavy atom. The maximum Gasteiger partial charge on any atom is 0.304 e. The molecule has 0 fully saturated rings. The fourth-order valence-corrected chi connectivity index (χ4v) is 3.28. The van der Waals surface area contributed by atoms with Gasteiger partial charge in [0.05, 0.1) is 9.80 Å². The van der Waals surface area contributed by atoms with Gasteiger partial charge < -0.3 is 5.32 Å². The van der Waals surface area contributed by atoms with Crippen molar-refractivity contribution in [1.29, 1.82) is 0 Å². The molecule has 0 atom stereocenters. The van der Waals surface area contributed by atoms with Crippen molar-refractivity contribution in [1.82, 2.24) is 4.98 Å². The van der Waals surface area contributed by atoms with Crippen LogP contribution in [0, 0.1) is 10.1 Å². The second-order valence-electron chi connectivity index (χ2n) is 5.42. The molecule has 0 amide bonds. The van der Waals surface area contributed by atoms with Crippen molar-refractivity contribution in [2.24, 2.45) is 0 Å². The van der Waals surface area contributed by atoms with Crippen molar-refractivity contribution >= 4 is 27.8 Å². The number of thiophene rings is 1. The monoisotopic (exact) mass is 353 g/mol. The van der Waals surface area contributed by atoms with Gasteiger partial charge in [-0.1, -0.05) is 24.3 Å². The van der Waals surface area contributed by atoms with E-state index in [4.69, 9.17) is 0 Å². The summed E-state index contributed by atoms with van der Waals surface area (Å²) in [5.74, 6) is -0.178. The molecule has 25 heavy (non-hydrogen) atoms. The third-order valence-electron chi connectivity index (χ3n) is 3.68. The number of ketones is 1. The van der Waals surface area contributed by atoms with E-state index in [2.05, 4.69) is 10.3 Å². The summed E-state index contributed by atoms with van der Waals surface area (Å²) in [7, 11) is 0. The molecule has 0 aliphatic heterocycles. The van der Waals surface area contributed by atoms with Gasteiger partial charge >= 0.3 is 5.69 Å². The van der Waals surface area contributed by atoms with Crippen molar-refractivity contribution in [2.75, 3.05) is 5.32 Å². The van der Waals surface area contributed by atoms with Gasteiger partial charge in [0.2, 0.25) is 0 Å². The molecule has 0 aliphatic rings. The van der Waals surface area contributed by atoms with Crippen LogP contribution in [0.4, 0.5) is 10.7 Å². The summed E-state index contributed by atoms with van der Waals surface area (Å²) < 4.78 is 0. The SMILES string of the molecule is CC(=O)c1cc([N+](=O)[O-])c(NCc2ccc(-c3ccncc3)cc2)s1. The summed E-state index contributed by atoms with van der Waals surface area (Å²) in [6.07, 6.45) is 3.49. The number of Topliss-reactive ketones (excluding diaryl/α,β-unsaturated/α-hetero) is 1. The van der Waals surface area contributed by atoms with Crippen LogP contribution in [0.25, 0.3) is 11.1 Å². The number of hydrogen-bond donors (Lipinski definition) is 1. The van der Waals surface area contributed by atoms with Gasteiger partial charge in [-0.2, -0.15) is 0 Å². The number of aromatic nitrogens is 1. The number of nitro groups is 1. The first-order valence-corrected chi connectivity index (χ1v) is 8.38. The van der Waals surface area contributed by atoms with Gasteiger partial charge in [0, 0.05) is 25.0 Å². The standard InChI is InChI=1S/C18H15N3O3S/c1-12(22)17-10-16(21(23)24)18(25-17)20-11-13-2-4-14(5-3-13)15-6-8-19-9-7-15/h2-10,20H,11H2,1H3. The van der Waals surface area contributed by atoms with Gasteiger partial charge in [0.25, 0.3) is 0 Å². The van der Waals surface area contributed by atoms with Crippen LogP contribution in [0.15, 0.2) is 54.9 Å². The fraction of sp³-hybridized carbons (Fsp3) is 0.111. The molecule has 7 heteroatoms. The van der Waals surface area contributed by atoms with Crippen LogP contribution in [0.2, 0.25) is 0 Å². The lowest BCUT2D eigenvalue weighted by Crippen LogP contribution is -1.99. The first-order valence-electron chi connectivity index (χ1n) is 7.57. The highest BCUT2D eigenvalue weighted by molar-refractivity contribution is 7.18. The maximum atomic E-state index is 11.4. The molecule has 1 aromatic carbocycles. The Kier molecular flexibility index (Phi) is 4.85. The summed E-state index contributed by atoms with van der Waals surface area (Å²) in [5, 5.41) is 14.6. The minimum atomic E-state index is -0.474. The number of anilines is 1. The lowest BCUT2D eigenvalue weighted by Gasteiger charge is -2.06. The van der Waals surface area contributed by atoms with E-state index in [0.717, 1.165) is 28.0 Å². The Morgan fingerprint density at radius 1 is 1.16 bits per heavy atom. The van der Waals surface area contributed by atoms with E-state index < -0.39 is 4.92 Å². The quantitative estimate of drug-likeness (QED) is 0.400. The van der Waals surface area contributed by atoms with E-state index >= 15 is 0 Å². The number of benzene rings is 1. The van der Waals surface area contributed by atoms with E-state index in [9.17, 15) is 14.9 Å². The molecule has 3 rings (SSSR count). The van der Waals surface area contributed by atoms with Crippen molar-refractivity contribution in [2.45, 2.75) is 13.5 Å². The number of hydrogen-bond acceptors (Lipinski definition) is 6. The number of pyridine rings is 1. The number of carbonyl (C=O) groups is 1. The third kappa shape index (κ3) is 3.89. The topological polar surface area (TPSA) is 85.1 Å². The average Bonchev–Trinajstić information content (AvgIpc) is 3.06. The molecule has 2 aromatic heterocycles. The average molecular weight is 353 g/mol. The third-order valence-corrected chi connectivity index (χ3v) is 4.86. The van der Waals surface area contributed by atoms with E-state index in [1.807, 2.05) is 36.4 Å². The normalized spacial score (nSPS) is 10.4. The smallest absolute Gasteiger partial charge is 0.304 e. The molecule has 0 radical (unpaired) electrons. The first-order chi connectivity index (χ1) is 12.0. The van der Waals surface area contributed by atoms with Crippen molar-refractivity contribution in [3.8, 4) is 11.1 Å². The predicted molar refractivity (Wildman–Crippen MR) is 98.0 cm³/mol. The maximum absolute atomic E-state index is 11.4. The lowest BCUT2D eigenvalue weighted by molar-refractivity contribution is -0.383. The summed E-state index contributed by atoms with van der Waals surface area (Å²) in [6, 6.07) is 13.1. The molecule has 0 spiro atoms. The number of nitrogens with one attached hydrogen (secondary N) is 1. The fourth-order valence-electron chi connectivity index (χ4n) is 2.36. The summed E-state index contributed by atoms with van der Waals surface area (Å²) in [4.78, 5) is 26.5. The Balaban J connectivity index is 1.74. The van der Waals surface area contributed by atoms with Crippen LogP contribution in [-0.4, -0.2) is 15.7 Å². The number of rotatable bonds is 6. The first kappa shape index (κ1) is 16.8. The summed E-state index contributed by atoms with van der Waals surface area (Å²) >= 11 is 1.11. The number of nitrogens with zero attached hydrogens (tertiary/aromatic N) is 2. The highest BCUT2D eigenvalue weighted by Crippen LogP contribution is 2.35. The highest BCUT2D eigenvalue weighted by Gasteiger charge is 2.20. The minimum absolute atomic E-state index is 0.0661. The van der Waals surface area contributed by atoms with Crippen LogP contribution in [0.1, 0.15) is 22.2 Å². The zero-order valence-electron chi connectivity index (χ0n) is 13.4. The molecule has 1 N–H and O–H groups in total. The van der Waals surface area contributed by atoms with Crippen LogP contribution < -0.4 is 5.32 Å².